The minimum absolute atomic E-state index is 0.0812. The first kappa shape index (κ1) is 34.2. The van der Waals surface area contributed by atoms with Crippen LogP contribution in [0.25, 0.3) is 0 Å². The molecule has 2 aliphatic heterocycles. The number of carbonyl (C=O) groups is 1. The van der Waals surface area contributed by atoms with Crippen LogP contribution in [0.2, 0.25) is 18.1 Å². The van der Waals surface area contributed by atoms with Crippen molar-refractivity contribution in [3.8, 4) is 0 Å². The van der Waals surface area contributed by atoms with Crippen molar-refractivity contribution in [1.82, 2.24) is 25.0 Å². The van der Waals surface area contributed by atoms with E-state index in [2.05, 4.69) is 84.8 Å². The molecule has 2 aromatic rings. The van der Waals surface area contributed by atoms with Gasteiger partial charge in [-0.1, -0.05) is 65.0 Å². The molecule has 1 amide bonds. The maximum absolute atomic E-state index is 13.8. The molecular formula is C35H55F2N5O2Si. The van der Waals surface area contributed by atoms with Crippen LogP contribution in [0.15, 0.2) is 30.3 Å². The highest BCUT2D eigenvalue weighted by Gasteiger charge is 2.44. The van der Waals surface area contributed by atoms with Crippen LogP contribution in [0.4, 0.5) is 8.78 Å². The zero-order valence-electron chi connectivity index (χ0n) is 28.5. The van der Waals surface area contributed by atoms with Gasteiger partial charge in [0.25, 0.3) is 0 Å². The summed E-state index contributed by atoms with van der Waals surface area (Å²) in [6.45, 7) is 17.2. The Bertz CT molecular complexity index is 1270. The molecule has 1 aromatic carbocycles. The third-order valence-electron chi connectivity index (χ3n) is 11.2. The highest BCUT2D eigenvalue weighted by atomic mass is 28.4. The number of nitrogens with one attached hydrogen (secondary N) is 1. The molecule has 1 aliphatic carbocycles. The lowest BCUT2D eigenvalue weighted by Crippen LogP contribution is -2.46. The van der Waals surface area contributed by atoms with Crippen LogP contribution in [-0.2, 0) is 15.8 Å². The van der Waals surface area contributed by atoms with E-state index in [1.807, 2.05) is 18.2 Å². The van der Waals surface area contributed by atoms with Gasteiger partial charge in [0.1, 0.15) is 5.82 Å². The topological polar surface area (TPSA) is 72.3 Å². The predicted molar refractivity (Wildman–Crippen MR) is 177 cm³/mol. The van der Waals surface area contributed by atoms with Crippen molar-refractivity contribution in [2.45, 2.75) is 153 Å². The molecule has 3 fully saturated rings. The quantitative estimate of drug-likeness (QED) is 0.250. The Balaban J connectivity index is 1.26. The minimum Gasteiger partial charge on any atom is -0.409 e. The standard InChI is InChI=1S/C35H55F2N5O2Si/c1-24(2)32-40-39-31(23-44-45(6,7)34(3,4)5)42(32)29-21-27-13-14-28(22-29)41(27)20-17-30(25-11-9-8-10-12-25)38-33(43)26-15-18-35(36,37)19-16-26/h8-12,24,26-30H,13-23H2,1-7H3,(H,38,43). The molecule has 250 valence electrons. The highest BCUT2D eigenvalue weighted by Crippen LogP contribution is 2.43. The number of fused-ring (bicyclic) bond motifs is 2. The Labute approximate surface area is 270 Å². The molecule has 3 atom stereocenters. The number of nitrogens with zero attached hydrogens (tertiary/aromatic N) is 4. The van der Waals surface area contributed by atoms with Crippen molar-refractivity contribution in [3.05, 3.63) is 47.5 Å². The largest absolute Gasteiger partial charge is 0.409 e. The van der Waals surface area contributed by atoms with Crippen LogP contribution >= 0.6 is 0 Å². The Kier molecular flexibility index (Phi) is 10.3. The van der Waals surface area contributed by atoms with Crippen molar-refractivity contribution in [1.29, 1.82) is 0 Å². The molecule has 1 N–H and O–H groups in total. The van der Waals surface area contributed by atoms with Crippen molar-refractivity contribution in [2.75, 3.05) is 6.54 Å². The average molecular weight is 644 g/mol. The second kappa shape index (κ2) is 13.5. The number of aromatic nitrogens is 3. The average Bonchev–Trinajstić information content (AvgIpc) is 3.51. The van der Waals surface area contributed by atoms with Crippen molar-refractivity contribution >= 4 is 14.2 Å². The molecule has 0 radical (unpaired) electrons. The normalized spacial score (nSPS) is 25.1. The molecule has 5 rings (SSSR count). The maximum atomic E-state index is 13.8. The van der Waals surface area contributed by atoms with Gasteiger partial charge < -0.3 is 14.3 Å². The molecule has 1 saturated carbocycles. The summed E-state index contributed by atoms with van der Waals surface area (Å²) in [4.78, 5) is 15.9. The summed E-state index contributed by atoms with van der Waals surface area (Å²) in [7, 11) is -1.94. The summed E-state index contributed by atoms with van der Waals surface area (Å²) in [6, 6.07) is 11.3. The van der Waals surface area contributed by atoms with Crippen molar-refractivity contribution < 1.29 is 18.0 Å². The number of hydrogen-bond acceptors (Lipinski definition) is 5. The molecule has 2 saturated heterocycles. The van der Waals surface area contributed by atoms with Gasteiger partial charge in [0.2, 0.25) is 11.8 Å². The van der Waals surface area contributed by atoms with Crippen LogP contribution in [-0.4, -0.2) is 58.4 Å². The Morgan fingerprint density at radius 3 is 2.22 bits per heavy atom. The first-order chi connectivity index (χ1) is 21.1. The maximum Gasteiger partial charge on any atom is 0.248 e. The molecule has 2 bridgehead atoms. The summed E-state index contributed by atoms with van der Waals surface area (Å²) in [5.74, 6) is -0.774. The number of hydrogen-bond donors (Lipinski definition) is 1. The number of amides is 1. The molecule has 0 spiro atoms. The molecule has 10 heteroatoms. The molecule has 3 aliphatic rings. The molecule has 45 heavy (non-hydrogen) atoms. The number of piperidine rings is 1. The number of rotatable bonds is 11. The van der Waals surface area contributed by atoms with Gasteiger partial charge >= 0.3 is 0 Å². The van der Waals surface area contributed by atoms with Crippen LogP contribution < -0.4 is 5.32 Å². The van der Waals surface area contributed by atoms with E-state index in [0.717, 1.165) is 43.0 Å². The van der Waals surface area contributed by atoms with E-state index >= 15 is 0 Å². The SMILES string of the molecule is CC(C)c1nnc(CO[Si](C)(C)C(C)(C)C)n1C1CC2CCC(C1)N2CCC(NC(=O)C1CCC(F)(F)CC1)c1ccccc1. The molecular weight excluding hydrogens is 589 g/mol. The van der Waals surface area contributed by atoms with Crippen LogP contribution in [0.1, 0.15) is 128 Å². The first-order valence-electron chi connectivity index (χ1n) is 17.2. The molecule has 3 unspecified atom stereocenters. The second-order valence-corrected chi connectivity index (χ2v) is 20.5. The summed E-state index contributed by atoms with van der Waals surface area (Å²) in [5, 5.41) is 12.7. The van der Waals surface area contributed by atoms with Gasteiger partial charge in [-0.2, -0.15) is 0 Å². The summed E-state index contributed by atoms with van der Waals surface area (Å²) in [5.41, 5.74) is 1.08. The Morgan fingerprint density at radius 1 is 1.02 bits per heavy atom. The first-order valence-corrected chi connectivity index (χ1v) is 20.1. The molecule has 1 aromatic heterocycles. The lowest BCUT2D eigenvalue weighted by Gasteiger charge is -2.41. The van der Waals surface area contributed by atoms with Gasteiger partial charge in [0.15, 0.2) is 14.1 Å². The summed E-state index contributed by atoms with van der Waals surface area (Å²) in [6.07, 6.45) is 5.36. The van der Waals surface area contributed by atoms with Crippen molar-refractivity contribution in [3.63, 3.8) is 0 Å². The van der Waals surface area contributed by atoms with E-state index in [1.165, 1.54) is 12.8 Å². The van der Waals surface area contributed by atoms with E-state index in [9.17, 15) is 13.6 Å². The number of halogens is 2. The van der Waals surface area contributed by atoms with E-state index in [-0.39, 0.29) is 54.5 Å². The minimum atomic E-state index is -2.64. The van der Waals surface area contributed by atoms with E-state index in [1.54, 1.807) is 0 Å². The lowest BCUT2D eigenvalue weighted by atomic mass is 9.86. The lowest BCUT2D eigenvalue weighted by molar-refractivity contribution is -0.130. The highest BCUT2D eigenvalue weighted by molar-refractivity contribution is 6.74. The monoisotopic (exact) mass is 643 g/mol. The second-order valence-electron chi connectivity index (χ2n) is 15.7. The fraction of sp³-hybridized carbons (Fsp3) is 0.743. The number of alkyl halides is 2. The van der Waals surface area contributed by atoms with Gasteiger partial charge in [-0.15, -0.1) is 10.2 Å². The van der Waals surface area contributed by atoms with Gasteiger partial charge in [0, 0.05) is 49.3 Å². The van der Waals surface area contributed by atoms with Gasteiger partial charge in [0.05, 0.1) is 12.6 Å². The summed E-state index contributed by atoms with van der Waals surface area (Å²) >= 11 is 0. The number of carbonyl (C=O) groups excluding carboxylic acids is 1. The van der Waals surface area contributed by atoms with Gasteiger partial charge in [-0.05, 0) is 68.6 Å². The Morgan fingerprint density at radius 2 is 1.64 bits per heavy atom. The summed E-state index contributed by atoms with van der Waals surface area (Å²) < 4.78 is 36.5. The Hall–Kier alpha value is -2.17. The van der Waals surface area contributed by atoms with Gasteiger partial charge in [-0.25, -0.2) is 8.78 Å². The van der Waals surface area contributed by atoms with Gasteiger partial charge in [-0.3, -0.25) is 9.69 Å². The van der Waals surface area contributed by atoms with Crippen molar-refractivity contribution in [2.24, 2.45) is 5.92 Å². The zero-order valence-corrected chi connectivity index (χ0v) is 29.5. The fourth-order valence-electron chi connectivity index (χ4n) is 7.39. The molecule has 3 heterocycles. The van der Waals surface area contributed by atoms with E-state index in [0.29, 0.717) is 24.7 Å². The predicted octanol–water partition coefficient (Wildman–Crippen LogP) is 8.16. The van der Waals surface area contributed by atoms with E-state index in [4.69, 9.17) is 4.43 Å². The van der Waals surface area contributed by atoms with Crippen LogP contribution in [0.5, 0.6) is 0 Å². The zero-order chi connectivity index (χ0) is 32.6. The number of benzene rings is 1. The fourth-order valence-corrected chi connectivity index (χ4v) is 8.31. The van der Waals surface area contributed by atoms with Crippen LogP contribution in [0, 0.1) is 5.92 Å². The third-order valence-corrected chi connectivity index (χ3v) is 15.7. The molecule has 7 nitrogen and oxygen atoms in total. The van der Waals surface area contributed by atoms with E-state index < -0.39 is 14.2 Å². The van der Waals surface area contributed by atoms with Crippen LogP contribution in [0.3, 0.4) is 0 Å². The smallest absolute Gasteiger partial charge is 0.248 e. The third kappa shape index (κ3) is 7.87.